The van der Waals surface area contributed by atoms with Gasteiger partial charge in [0, 0.05) is 17.9 Å². The first kappa shape index (κ1) is 16.4. The van der Waals surface area contributed by atoms with E-state index < -0.39 is 18.2 Å². The maximum absolute atomic E-state index is 11.9. The lowest BCUT2D eigenvalue weighted by atomic mass is 10.1. The number of hydrogen-bond donors (Lipinski definition) is 4. The highest BCUT2D eigenvalue weighted by Gasteiger charge is 2.32. The number of piperidine rings is 1. The summed E-state index contributed by atoms with van der Waals surface area (Å²) in [6.45, 7) is 0. The number of aliphatic hydroxyl groups excluding tert-OH is 1. The second kappa shape index (κ2) is 6.56. The molecule has 1 saturated carbocycles. The smallest absolute Gasteiger partial charge is 0.243 e. The molecule has 1 aromatic heterocycles. The molecule has 1 aliphatic carbocycles. The predicted molar refractivity (Wildman–Crippen MR) is 84.9 cm³/mol. The van der Waals surface area contributed by atoms with E-state index in [1.165, 1.54) is 0 Å². The van der Waals surface area contributed by atoms with Gasteiger partial charge in [-0.25, -0.2) is 0 Å². The number of imide groups is 1. The van der Waals surface area contributed by atoms with Gasteiger partial charge < -0.3 is 10.4 Å². The van der Waals surface area contributed by atoms with Crippen LogP contribution in [-0.4, -0.2) is 28.9 Å². The van der Waals surface area contributed by atoms with E-state index in [1.807, 2.05) is 0 Å². The molecule has 0 aromatic carbocycles. The molecule has 23 heavy (non-hydrogen) atoms. The van der Waals surface area contributed by atoms with Crippen molar-refractivity contribution >= 4 is 45.7 Å². The van der Waals surface area contributed by atoms with Crippen LogP contribution in [0.15, 0.2) is 6.07 Å². The summed E-state index contributed by atoms with van der Waals surface area (Å²) in [7, 11) is 0. The van der Waals surface area contributed by atoms with Crippen molar-refractivity contribution in [1.82, 2.24) is 10.6 Å². The molecule has 2 unspecified atom stereocenters. The average Bonchev–Trinajstić information content (AvgIpc) is 3.26. The second-order valence-corrected chi connectivity index (χ2v) is 7.35. The van der Waals surface area contributed by atoms with Gasteiger partial charge in [-0.2, -0.15) is 0 Å². The molecule has 7 nitrogen and oxygen atoms in total. The van der Waals surface area contributed by atoms with Gasteiger partial charge in [-0.15, -0.1) is 11.3 Å². The number of rotatable bonds is 5. The van der Waals surface area contributed by atoms with E-state index in [2.05, 4.69) is 16.0 Å². The largest absolute Gasteiger partial charge is 0.374 e. The summed E-state index contributed by atoms with van der Waals surface area (Å²) < 4.78 is 0.426. The topological polar surface area (TPSA) is 108 Å². The minimum atomic E-state index is -1.17. The van der Waals surface area contributed by atoms with E-state index in [0.717, 1.165) is 24.2 Å². The third-order valence-corrected chi connectivity index (χ3v) is 5.00. The number of anilines is 1. The molecule has 4 N–H and O–H groups in total. The molecule has 1 aromatic rings. The Morgan fingerprint density at radius 1 is 1.39 bits per heavy atom. The zero-order valence-corrected chi connectivity index (χ0v) is 13.7. The summed E-state index contributed by atoms with van der Waals surface area (Å²) in [4.78, 5) is 34.8. The Hall–Kier alpha value is -1.48. The SMILES string of the molecule is O=C1CCC(NC(O)c2cc(Cl)sc2NC(=O)C2CC2)C(=O)N1. The molecular formula is C14H16ClN3O4S. The van der Waals surface area contributed by atoms with Crippen molar-refractivity contribution in [3.63, 3.8) is 0 Å². The van der Waals surface area contributed by atoms with Crippen molar-refractivity contribution in [3.8, 4) is 0 Å². The van der Waals surface area contributed by atoms with Crippen molar-refractivity contribution in [2.75, 3.05) is 5.32 Å². The van der Waals surface area contributed by atoms with E-state index >= 15 is 0 Å². The Bertz CT molecular complexity index is 658. The molecular weight excluding hydrogens is 342 g/mol. The fraction of sp³-hybridized carbons (Fsp3) is 0.500. The van der Waals surface area contributed by atoms with Crippen LogP contribution in [-0.2, 0) is 14.4 Å². The van der Waals surface area contributed by atoms with Crippen molar-refractivity contribution in [2.24, 2.45) is 5.92 Å². The van der Waals surface area contributed by atoms with Crippen LogP contribution in [0.4, 0.5) is 5.00 Å². The van der Waals surface area contributed by atoms with Gasteiger partial charge in [0.05, 0.1) is 10.4 Å². The first-order valence-corrected chi connectivity index (χ1v) is 8.51. The fourth-order valence-electron chi connectivity index (χ4n) is 2.37. The zero-order valence-electron chi connectivity index (χ0n) is 12.1. The average molecular weight is 358 g/mol. The molecule has 3 rings (SSSR count). The summed E-state index contributed by atoms with van der Waals surface area (Å²) in [6, 6.07) is 0.881. The number of halogens is 1. The summed E-state index contributed by atoms with van der Waals surface area (Å²) in [6.07, 6.45) is 1.10. The summed E-state index contributed by atoms with van der Waals surface area (Å²) >= 11 is 7.14. The number of carbonyl (C=O) groups excluding carboxylic acids is 3. The summed E-state index contributed by atoms with van der Waals surface area (Å²) in [5, 5.41) is 18.6. The quantitative estimate of drug-likeness (QED) is 0.467. The van der Waals surface area contributed by atoms with Crippen LogP contribution in [0.1, 0.15) is 37.5 Å². The van der Waals surface area contributed by atoms with Gasteiger partial charge in [-0.1, -0.05) is 11.6 Å². The predicted octanol–water partition coefficient (Wildman–Crippen LogP) is 1.14. The molecule has 1 aliphatic heterocycles. The van der Waals surface area contributed by atoms with Crippen molar-refractivity contribution in [3.05, 3.63) is 16.0 Å². The number of carbonyl (C=O) groups is 3. The summed E-state index contributed by atoms with van der Waals surface area (Å²) in [5.74, 6) is -0.842. The molecule has 1 saturated heterocycles. The standard InChI is InChI=1S/C14H16ClN3O4S/c15-9-5-7(14(23-9)18-11(20)6-1-2-6)12(21)16-8-3-4-10(19)17-13(8)22/h5-6,8,12,16,21H,1-4H2,(H,18,20)(H,17,19,22). The third kappa shape index (κ3) is 3.89. The molecule has 0 bridgehead atoms. The molecule has 2 heterocycles. The zero-order chi connectivity index (χ0) is 16.6. The van der Waals surface area contributed by atoms with Gasteiger partial charge in [0.2, 0.25) is 17.7 Å². The molecule has 2 fully saturated rings. The van der Waals surface area contributed by atoms with Gasteiger partial charge in [-0.3, -0.25) is 25.0 Å². The molecule has 0 radical (unpaired) electrons. The van der Waals surface area contributed by atoms with Gasteiger partial charge in [0.15, 0.2) is 0 Å². The maximum atomic E-state index is 11.9. The number of aliphatic hydroxyl groups is 1. The number of thiophene rings is 1. The first-order chi connectivity index (χ1) is 10.9. The van der Waals surface area contributed by atoms with E-state index in [1.54, 1.807) is 6.07 Å². The van der Waals surface area contributed by atoms with Crippen LogP contribution in [0.25, 0.3) is 0 Å². The van der Waals surface area contributed by atoms with Crippen LogP contribution >= 0.6 is 22.9 Å². The van der Waals surface area contributed by atoms with Gasteiger partial charge in [0.1, 0.15) is 11.2 Å². The molecule has 2 atom stereocenters. The first-order valence-electron chi connectivity index (χ1n) is 7.32. The van der Waals surface area contributed by atoms with Gasteiger partial charge in [0.25, 0.3) is 0 Å². The molecule has 9 heteroatoms. The Morgan fingerprint density at radius 3 is 2.78 bits per heavy atom. The number of nitrogens with one attached hydrogen (secondary N) is 3. The second-order valence-electron chi connectivity index (χ2n) is 5.67. The lowest BCUT2D eigenvalue weighted by molar-refractivity contribution is -0.135. The van der Waals surface area contributed by atoms with Crippen molar-refractivity contribution < 1.29 is 19.5 Å². The minimum absolute atomic E-state index is 0.0314. The van der Waals surface area contributed by atoms with Crippen LogP contribution in [0.5, 0.6) is 0 Å². The Kier molecular flexibility index (Phi) is 4.67. The van der Waals surface area contributed by atoms with Crippen molar-refractivity contribution in [1.29, 1.82) is 0 Å². The fourth-order valence-corrected chi connectivity index (χ4v) is 3.54. The van der Waals surface area contributed by atoms with E-state index in [0.29, 0.717) is 21.3 Å². The third-order valence-electron chi connectivity index (χ3n) is 3.81. The van der Waals surface area contributed by atoms with Crippen LogP contribution in [0.3, 0.4) is 0 Å². The lowest BCUT2D eigenvalue weighted by Gasteiger charge is -2.25. The van der Waals surface area contributed by atoms with E-state index in [9.17, 15) is 19.5 Å². The highest BCUT2D eigenvalue weighted by atomic mass is 35.5. The normalized spacial score (nSPS) is 22.6. The summed E-state index contributed by atoms with van der Waals surface area (Å²) in [5.41, 5.74) is 0.415. The van der Waals surface area contributed by atoms with Crippen molar-refractivity contribution in [2.45, 2.75) is 38.0 Å². The Morgan fingerprint density at radius 2 is 2.13 bits per heavy atom. The van der Waals surface area contributed by atoms with Crippen LogP contribution in [0.2, 0.25) is 4.34 Å². The molecule has 0 spiro atoms. The van der Waals surface area contributed by atoms with E-state index in [4.69, 9.17) is 11.6 Å². The lowest BCUT2D eigenvalue weighted by Crippen LogP contribution is -2.51. The number of hydrogen-bond acceptors (Lipinski definition) is 6. The minimum Gasteiger partial charge on any atom is -0.374 e. The maximum Gasteiger partial charge on any atom is 0.243 e. The molecule has 3 amide bonds. The van der Waals surface area contributed by atoms with Crippen LogP contribution < -0.4 is 16.0 Å². The van der Waals surface area contributed by atoms with E-state index in [-0.39, 0.29) is 24.2 Å². The Labute approximate surface area is 141 Å². The highest BCUT2D eigenvalue weighted by molar-refractivity contribution is 7.20. The Balaban J connectivity index is 1.68. The van der Waals surface area contributed by atoms with Gasteiger partial charge >= 0.3 is 0 Å². The van der Waals surface area contributed by atoms with Gasteiger partial charge in [-0.05, 0) is 25.3 Å². The van der Waals surface area contributed by atoms with Crippen LogP contribution in [0, 0.1) is 5.92 Å². The number of amides is 3. The monoisotopic (exact) mass is 357 g/mol. The molecule has 2 aliphatic rings. The highest BCUT2D eigenvalue weighted by Crippen LogP contribution is 2.37. The molecule has 124 valence electrons.